The maximum absolute atomic E-state index is 9.32. The zero-order valence-electron chi connectivity index (χ0n) is 10.8. The zero-order chi connectivity index (χ0) is 14.7. The maximum atomic E-state index is 9.32. The minimum Gasteiger partial charge on any atom is -0.392 e. The van der Waals surface area contributed by atoms with E-state index in [2.05, 4.69) is 12.1 Å². The van der Waals surface area contributed by atoms with Gasteiger partial charge in [0.25, 0.3) is 0 Å². The van der Waals surface area contributed by atoms with Crippen LogP contribution in [-0.2, 0) is 0 Å². The van der Waals surface area contributed by atoms with E-state index in [4.69, 9.17) is 11.5 Å². The van der Waals surface area contributed by atoms with Crippen LogP contribution in [0.3, 0.4) is 0 Å². The van der Waals surface area contributed by atoms with Crippen LogP contribution in [-0.4, -0.2) is 6.26 Å². The van der Waals surface area contributed by atoms with Crippen LogP contribution in [0.15, 0.2) is 50.4 Å². The third kappa shape index (κ3) is 2.49. The van der Waals surface area contributed by atoms with E-state index in [0.29, 0.717) is 21.2 Å². The summed E-state index contributed by atoms with van der Waals surface area (Å²) in [6.45, 7) is 0. The Bertz CT molecular complexity index is 639. The van der Waals surface area contributed by atoms with Gasteiger partial charge in [0.2, 0.25) is 0 Å². The number of nitrogens with zero attached hydrogens (tertiary/aromatic N) is 2. The third-order valence-electron chi connectivity index (χ3n) is 3.02. The second kappa shape index (κ2) is 5.96. The Morgan fingerprint density at radius 3 is 1.95 bits per heavy atom. The molecule has 1 heterocycles. The Hall–Kier alpha value is -2.02. The number of benzene rings is 1. The number of nitriles is 2. The standard InChI is InChI=1S/C14H12N4S2/c1-19-9-4-2-8(3-5-9)12-10(6-15)13(17)20-14(18)11(12)7-16/h2-5,12H,17-18H2,1H3. The number of rotatable bonds is 2. The number of nitrogens with two attached hydrogens (primary N) is 2. The minimum absolute atomic E-state index is 0.364. The molecular weight excluding hydrogens is 288 g/mol. The fourth-order valence-corrected chi connectivity index (χ4v) is 3.22. The summed E-state index contributed by atoms with van der Waals surface area (Å²) in [5.74, 6) is -0.470. The highest BCUT2D eigenvalue weighted by Crippen LogP contribution is 2.42. The van der Waals surface area contributed by atoms with Crippen LogP contribution in [0.25, 0.3) is 0 Å². The van der Waals surface area contributed by atoms with Crippen molar-refractivity contribution in [3.05, 3.63) is 51.0 Å². The Morgan fingerprint density at radius 2 is 1.55 bits per heavy atom. The van der Waals surface area contributed by atoms with E-state index in [0.717, 1.165) is 22.2 Å². The van der Waals surface area contributed by atoms with Gasteiger partial charge in [-0.15, -0.1) is 11.8 Å². The number of hydrogen-bond acceptors (Lipinski definition) is 6. The summed E-state index contributed by atoms with van der Waals surface area (Å²) in [4.78, 5) is 1.12. The van der Waals surface area contributed by atoms with Gasteiger partial charge in [-0.2, -0.15) is 10.5 Å². The average molecular weight is 300 g/mol. The first-order valence-corrected chi connectivity index (χ1v) is 7.77. The molecule has 4 N–H and O–H groups in total. The molecule has 100 valence electrons. The summed E-state index contributed by atoms with van der Waals surface area (Å²) in [6, 6.07) is 11.9. The van der Waals surface area contributed by atoms with E-state index < -0.39 is 5.92 Å². The van der Waals surface area contributed by atoms with Gasteiger partial charge in [0.05, 0.1) is 39.3 Å². The van der Waals surface area contributed by atoms with Crippen LogP contribution in [0, 0.1) is 22.7 Å². The second-order valence-corrected chi connectivity index (χ2v) is 6.05. The highest BCUT2D eigenvalue weighted by Gasteiger charge is 2.30. The highest BCUT2D eigenvalue weighted by atomic mass is 32.2. The van der Waals surface area contributed by atoms with Crippen molar-refractivity contribution in [2.24, 2.45) is 11.5 Å². The van der Waals surface area contributed by atoms with Crippen molar-refractivity contribution in [2.45, 2.75) is 10.8 Å². The van der Waals surface area contributed by atoms with Gasteiger partial charge in [-0.3, -0.25) is 0 Å². The van der Waals surface area contributed by atoms with Crippen molar-refractivity contribution < 1.29 is 0 Å². The van der Waals surface area contributed by atoms with Gasteiger partial charge < -0.3 is 11.5 Å². The van der Waals surface area contributed by atoms with Crippen LogP contribution >= 0.6 is 23.5 Å². The smallest absolute Gasteiger partial charge is 0.0985 e. The molecule has 0 saturated carbocycles. The van der Waals surface area contributed by atoms with Crippen molar-refractivity contribution in [1.29, 1.82) is 10.5 Å². The first-order chi connectivity index (χ1) is 9.62. The lowest BCUT2D eigenvalue weighted by molar-refractivity contribution is 0.955. The van der Waals surface area contributed by atoms with Gasteiger partial charge in [-0.1, -0.05) is 23.9 Å². The lowest BCUT2D eigenvalue weighted by Crippen LogP contribution is -2.18. The predicted molar refractivity (Wildman–Crippen MR) is 82.2 cm³/mol. The molecule has 6 heteroatoms. The normalized spacial score (nSPS) is 15.9. The summed E-state index contributed by atoms with van der Waals surface area (Å²) in [5, 5.41) is 19.4. The quantitative estimate of drug-likeness (QED) is 0.814. The Morgan fingerprint density at radius 1 is 1.05 bits per heavy atom. The molecule has 4 nitrogen and oxygen atoms in total. The summed E-state index contributed by atoms with van der Waals surface area (Å²) in [6.07, 6.45) is 1.99. The first kappa shape index (κ1) is 14.4. The lowest BCUT2D eigenvalue weighted by Gasteiger charge is -2.23. The number of hydrogen-bond donors (Lipinski definition) is 2. The predicted octanol–water partition coefficient (Wildman–Crippen LogP) is 2.63. The summed E-state index contributed by atoms with van der Waals surface area (Å²) in [5.41, 5.74) is 13.4. The Kier molecular flexibility index (Phi) is 4.29. The molecule has 0 amide bonds. The van der Waals surface area contributed by atoms with E-state index in [1.807, 2.05) is 30.5 Å². The molecule has 0 aromatic heterocycles. The molecule has 1 aromatic rings. The molecule has 1 aliphatic heterocycles. The highest BCUT2D eigenvalue weighted by molar-refractivity contribution is 8.06. The summed E-state index contributed by atoms with van der Waals surface area (Å²) in [7, 11) is 0. The average Bonchev–Trinajstić information content (AvgIpc) is 2.46. The van der Waals surface area contributed by atoms with Gasteiger partial charge in [0.1, 0.15) is 0 Å². The SMILES string of the molecule is CSc1ccc(C2C(C#N)=C(N)SC(N)=C2C#N)cc1. The third-order valence-corrected chi connectivity index (χ3v) is 4.64. The van der Waals surface area contributed by atoms with Gasteiger partial charge in [-0.05, 0) is 24.0 Å². The van der Waals surface area contributed by atoms with Crippen LogP contribution in [0.4, 0.5) is 0 Å². The van der Waals surface area contributed by atoms with Crippen LogP contribution in [0.5, 0.6) is 0 Å². The molecule has 0 aliphatic carbocycles. The lowest BCUT2D eigenvalue weighted by atomic mass is 9.86. The van der Waals surface area contributed by atoms with Crippen LogP contribution in [0.1, 0.15) is 11.5 Å². The van der Waals surface area contributed by atoms with Crippen LogP contribution in [0.2, 0.25) is 0 Å². The Labute approximate surface area is 126 Å². The van der Waals surface area contributed by atoms with Gasteiger partial charge in [-0.25, -0.2) is 0 Å². The largest absolute Gasteiger partial charge is 0.392 e. The molecule has 2 rings (SSSR count). The monoisotopic (exact) mass is 300 g/mol. The fraction of sp³-hybridized carbons (Fsp3) is 0.143. The van der Waals surface area contributed by atoms with E-state index in [9.17, 15) is 10.5 Å². The molecule has 0 unspecified atom stereocenters. The van der Waals surface area contributed by atoms with Crippen LogP contribution < -0.4 is 11.5 Å². The van der Waals surface area contributed by atoms with Gasteiger partial charge >= 0.3 is 0 Å². The van der Waals surface area contributed by atoms with Crippen molar-refractivity contribution >= 4 is 23.5 Å². The number of allylic oxidation sites excluding steroid dienone is 2. The van der Waals surface area contributed by atoms with E-state index >= 15 is 0 Å². The molecule has 0 atom stereocenters. The molecule has 0 fully saturated rings. The van der Waals surface area contributed by atoms with E-state index in [-0.39, 0.29) is 0 Å². The number of thioether (sulfide) groups is 2. The van der Waals surface area contributed by atoms with Crippen molar-refractivity contribution in [2.75, 3.05) is 6.26 Å². The van der Waals surface area contributed by atoms with E-state index in [1.165, 1.54) is 0 Å². The zero-order valence-corrected chi connectivity index (χ0v) is 12.4. The maximum Gasteiger partial charge on any atom is 0.0985 e. The topological polar surface area (TPSA) is 99.6 Å². The first-order valence-electron chi connectivity index (χ1n) is 5.73. The summed E-state index contributed by atoms with van der Waals surface area (Å²) >= 11 is 2.71. The summed E-state index contributed by atoms with van der Waals surface area (Å²) < 4.78 is 0. The second-order valence-electron chi connectivity index (χ2n) is 4.09. The Balaban J connectivity index is 2.56. The molecule has 1 aromatic carbocycles. The van der Waals surface area contributed by atoms with Crippen molar-refractivity contribution in [1.82, 2.24) is 0 Å². The molecule has 0 bridgehead atoms. The fourth-order valence-electron chi connectivity index (χ4n) is 2.03. The van der Waals surface area contributed by atoms with Gasteiger partial charge in [0.15, 0.2) is 0 Å². The molecule has 0 radical (unpaired) electrons. The molecule has 0 saturated heterocycles. The molecule has 20 heavy (non-hydrogen) atoms. The molecule has 1 aliphatic rings. The van der Waals surface area contributed by atoms with E-state index in [1.54, 1.807) is 11.8 Å². The van der Waals surface area contributed by atoms with Crippen molar-refractivity contribution in [3.63, 3.8) is 0 Å². The van der Waals surface area contributed by atoms with Crippen molar-refractivity contribution in [3.8, 4) is 12.1 Å². The minimum atomic E-state index is -0.470. The molecular formula is C14H12N4S2. The molecule has 0 spiro atoms. The van der Waals surface area contributed by atoms with Gasteiger partial charge in [0, 0.05) is 4.90 Å².